The van der Waals surface area contributed by atoms with Crippen molar-refractivity contribution in [1.82, 2.24) is 19.9 Å². The van der Waals surface area contributed by atoms with E-state index in [4.69, 9.17) is 11.6 Å². The summed E-state index contributed by atoms with van der Waals surface area (Å²) in [6.45, 7) is 4.90. The lowest BCUT2D eigenvalue weighted by molar-refractivity contribution is 0.325. The highest BCUT2D eigenvalue weighted by atomic mass is 35.5. The SMILES string of the molecule is CC(CNc1nc(Cl)nc(N2CCCCC2)n1)N(C)C. The summed E-state index contributed by atoms with van der Waals surface area (Å²) in [6.07, 6.45) is 3.65. The van der Waals surface area contributed by atoms with E-state index in [1.165, 1.54) is 19.3 Å². The van der Waals surface area contributed by atoms with Crippen LogP contribution in [-0.4, -0.2) is 59.6 Å². The molecule has 1 unspecified atom stereocenters. The maximum absolute atomic E-state index is 6.01. The van der Waals surface area contributed by atoms with Crippen LogP contribution in [0.5, 0.6) is 0 Å². The van der Waals surface area contributed by atoms with Gasteiger partial charge in [-0.05, 0) is 51.9 Å². The molecule has 0 saturated carbocycles. The number of hydrogen-bond acceptors (Lipinski definition) is 6. The van der Waals surface area contributed by atoms with E-state index in [0.717, 1.165) is 19.6 Å². The summed E-state index contributed by atoms with van der Waals surface area (Å²) in [6, 6.07) is 0.393. The Balaban J connectivity index is 2.04. The molecule has 0 bridgehead atoms. The molecule has 0 aliphatic carbocycles. The number of hydrogen-bond donors (Lipinski definition) is 1. The van der Waals surface area contributed by atoms with Gasteiger partial charge in [-0.15, -0.1) is 0 Å². The van der Waals surface area contributed by atoms with Crippen LogP contribution in [0.4, 0.5) is 11.9 Å². The van der Waals surface area contributed by atoms with Gasteiger partial charge in [-0.25, -0.2) is 0 Å². The first-order valence-electron chi connectivity index (χ1n) is 7.13. The van der Waals surface area contributed by atoms with Gasteiger partial charge in [0, 0.05) is 25.7 Å². The van der Waals surface area contributed by atoms with Crippen LogP contribution in [0.1, 0.15) is 26.2 Å². The first-order valence-corrected chi connectivity index (χ1v) is 7.51. The summed E-state index contributed by atoms with van der Waals surface area (Å²) in [7, 11) is 4.10. The second-order valence-corrected chi connectivity index (χ2v) is 5.81. The van der Waals surface area contributed by atoms with Crippen LogP contribution in [0.2, 0.25) is 5.28 Å². The molecule has 1 aliphatic heterocycles. The van der Waals surface area contributed by atoms with E-state index in [2.05, 4.69) is 37.0 Å². The zero-order valence-corrected chi connectivity index (χ0v) is 13.2. The monoisotopic (exact) mass is 298 g/mol. The van der Waals surface area contributed by atoms with Crippen molar-refractivity contribution in [3.05, 3.63) is 5.28 Å². The van der Waals surface area contributed by atoms with Crippen LogP contribution in [-0.2, 0) is 0 Å². The number of likely N-dealkylation sites (N-methyl/N-ethyl adjacent to an activating group) is 1. The molecule has 1 aromatic heterocycles. The highest BCUT2D eigenvalue weighted by molar-refractivity contribution is 6.28. The van der Waals surface area contributed by atoms with Gasteiger partial charge < -0.3 is 15.1 Å². The smallest absolute Gasteiger partial charge is 0.231 e. The van der Waals surface area contributed by atoms with Gasteiger partial charge in [-0.3, -0.25) is 0 Å². The fourth-order valence-corrected chi connectivity index (χ4v) is 2.23. The fourth-order valence-electron chi connectivity index (χ4n) is 2.08. The second kappa shape index (κ2) is 7.04. The van der Waals surface area contributed by atoms with E-state index in [1.54, 1.807) is 0 Å². The molecule has 0 aromatic carbocycles. The largest absolute Gasteiger partial charge is 0.352 e. The summed E-state index contributed by atoms with van der Waals surface area (Å²) in [4.78, 5) is 17.2. The molecule has 1 fully saturated rings. The Bertz CT molecular complexity index is 433. The normalized spacial score (nSPS) is 17.4. The quantitative estimate of drug-likeness (QED) is 0.896. The van der Waals surface area contributed by atoms with E-state index in [1.807, 2.05) is 14.1 Å². The highest BCUT2D eigenvalue weighted by Gasteiger charge is 2.16. The van der Waals surface area contributed by atoms with E-state index < -0.39 is 0 Å². The molecule has 20 heavy (non-hydrogen) atoms. The maximum atomic E-state index is 6.01. The van der Waals surface area contributed by atoms with Gasteiger partial charge in [0.1, 0.15) is 0 Å². The molecule has 0 amide bonds. The summed E-state index contributed by atoms with van der Waals surface area (Å²) in [5, 5.41) is 3.48. The molecule has 2 rings (SSSR count). The Morgan fingerprint density at radius 3 is 2.55 bits per heavy atom. The van der Waals surface area contributed by atoms with Gasteiger partial charge in [0.2, 0.25) is 17.2 Å². The van der Waals surface area contributed by atoms with Crippen molar-refractivity contribution >= 4 is 23.5 Å². The average Bonchev–Trinajstić information content (AvgIpc) is 2.45. The molecule has 1 saturated heterocycles. The lowest BCUT2D eigenvalue weighted by Crippen LogP contribution is -2.33. The minimum Gasteiger partial charge on any atom is -0.352 e. The van der Waals surface area contributed by atoms with E-state index in [-0.39, 0.29) is 5.28 Å². The molecule has 112 valence electrons. The molecule has 1 aliphatic rings. The van der Waals surface area contributed by atoms with Crippen molar-refractivity contribution in [1.29, 1.82) is 0 Å². The lowest BCUT2D eigenvalue weighted by Gasteiger charge is -2.27. The van der Waals surface area contributed by atoms with E-state index in [9.17, 15) is 0 Å². The Morgan fingerprint density at radius 1 is 1.20 bits per heavy atom. The van der Waals surface area contributed by atoms with Gasteiger partial charge in [-0.1, -0.05) is 0 Å². The number of nitrogens with zero attached hydrogens (tertiary/aromatic N) is 5. The third-order valence-electron chi connectivity index (χ3n) is 3.67. The Labute approximate surface area is 125 Å². The molecule has 2 heterocycles. The number of anilines is 2. The van der Waals surface area contributed by atoms with Crippen molar-refractivity contribution in [2.45, 2.75) is 32.2 Å². The van der Waals surface area contributed by atoms with Crippen molar-refractivity contribution in [2.24, 2.45) is 0 Å². The fraction of sp³-hybridized carbons (Fsp3) is 0.769. The molecular formula is C13H23ClN6. The zero-order valence-electron chi connectivity index (χ0n) is 12.4. The topological polar surface area (TPSA) is 57.2 Å². The van der Waals surface area contributed by atoms with Gasteiger partial charge in [0.15, 0.2) is 0 Å². The van der Waals surface area contributed by atoms with Crippen LogP contribution in [0.3, 0.4) is 0 Å². The Morgan fingerprint density at radius 2 is 1.90 bits per heavy atom. The highest BCUT2D eigenvalue weighted by Crippen LogP contribution is 2.18. The molecule has 0 radical (unpaired) electrons. The first kappa shape index (κ1) is 15.3. The first-order chi connectivity index (χ1) is 9.56. The number of nitrogens with one attached hydrogen (secondary N) is 1. The molecular weight excluding hydrogens is 276 g/mol. The van der Waals surface area contributed by atoms with Crippen LogP contribution >= 0.6 is 11.6 Å². The summed E-state index contributed by atoms with van der Waals surface area (Å²) in [5.74, 6) is 1.24. The molecule has 1 N–H and O–H groups in total. The van der Waals surface area contributed by atoms with E-state index >= 15 is 0 Å². The minimum atomic E-state index is 0.251. The summed E-state index contributed by atoms with van der Waals surface area (Å²) < 4.78 is 0. The third-order valence-corrected chi connectivity index (χ3v) is 3.84. The van der Waals surface area contributed by atoms with Crippen molar-refractivity contribution in [2.75, 3.05) is 43.9 Å². The molecule has 6 nitrogen and oxygen atoms in total. The van der Waals surface area contributed by atoms with Crippen molar-refractivity contribution in [3.8, 4) is 0 Å². The van der Waals surface area contributed by atoms with Crippen molar-refractivity contribution < 1.29 is 0 Å². The van der Waals surface area contributed by atoms with Crippen LogP contribution in [0, 0.1) is 0 Å². The number of piperidine rings is 1. The lowest BCUT2D eigenvalue weighted by atomic mass is 10.1. The minimum absolute atomic E-state index is 0.251. The number of aromatic nitrogens is 3. The van der Waals surface area contributed by atoms with Gasteiger partial charge >= 0.3 is 0 Å². The van der Waals surface area contributed by atoms with Crippen LogP contribution < -0.4 is 10.2 Å². The van der Waals surface area contributed by atoms with Crippen LogP contribution in [0.15, 0.2) is 0 Å². The van der Waals surface area contributed by atoms with Gasteiger partial charge in [0.25, 0.3) is 0 Å². The number of halogens is 1. The van der Waals surface area contributed by atoms with Crippen molar-refractivity contribution in [3.63, 3.8) is 0 Å². The molecule has 7 heteroatoms. The summed E-state index contributed by atoms with van der Waals surface area (Å²) >= 11 is 6.01. The number of rotatable bonds is 5. The van der Waals surface area contributed by atoms with E-state index in [0.29, 0.717) is 17.9 Å². The third kappa shape index (κ3) is 4.18. The Kier molecular flexibility index (Phi) is 5.37. The molecule has 1 atom stereocenters. The zero-order chi connectivity index (χ0) is 14.5. The molecule has 0 spiro atoms. The predicted molar refractivity (Wildman–Crippen MR) is 82.5 cm³/mol. The standard InChI is InChI=1S/C13H23ClN6/c1-10(19(2)3)9-15-12-16-11(14)17-13(18-12)20-7-5-4-6-8-20/h10H,4-9H2,1-3H3,(H,15,16,17,18). The second-order valence-electron chi connectivity index (χ2n) is 5.47. The Hall–Kier alpha value is -1.14. The van der Waals surface area contributed by atoms with Crippen LogP contribution in [0.25, 0.3) is 0 Å². The van der Waals surface area contributed by atoms with Gasteiger partial charge in [0.05, 0.1) is 0 Å². The van der Waals surface area contributed by atoms with Gasteiger partial charge in [-0.2, -0.15) is 15.0 Å². The predicted octanol–water partition coefficient (Wildman–Crippen LogP) is 1.88. The molecule has 1 aromatic rings. The summed E-state index contributed by atoms with van der Waals surface area (Å²) in [5.41, 5.74) is 0. The maximum Gasteiger partial charge on any atom is 0.231 e. The average molecular weight is 299 g/mol.